The normalized spacial score (nSPS) is 16.9. The third kappa shape index (κ3) is 2.54. The summed E-state index contributed by atoms with van der Waals surface area (Å²) >= 11 is 0. The molecule has 0 radical (unpaired) electrons. The highest BCUT2D eigenvalue weighted by molar-refractivity contribution is 5.14. The average Bonchev–Trinajstić information content (AvgIpc) is 2.11. The van der Waals surface area contributed by atoms with Crippen LogP contribution in [-0.4, -0.2) is 19.6 Å². The topological polar surface area (TPSA) is 24.1 Å². The first-order valence-corrected chi connectivity index (χ1v) is 4.90. The third-order valence-electron chi connectivity index (χ3n) is 2.47. The van der Waals surface area contributed by atoms with Crippen molar-refractivity contribution < 1.29 is 0 Å². The van der Waals surface area contributed by atoms with E-state index in [9.17, 15) is 0 Å². The van der Waals surface area contributed by atoms with E-state index in [4.69, 9.17) is 0 Å². The fourth-order valence-corrected chi connectivity index (χ4v) is 1.51. The van der Waals surface area contributed by atoms with Crippen LogP contribution in [0, 0.1) is 5.92 Å². The molecule has 0 amide bonds. The van der Waals surface area contributed by atoms with Crippen LogP contribution in [0.15, 0.2) is 30.3 Å². The van der Waals surface area contributed by atoms with Crippen LogP contribution in [0.4, 0.5) is 0 Å². The van der Waals surface area contributed by atoms with Crippen molar-refractivity contribution in [3.63, 3.8) is 0 Å². The van der Waals surface area contributed by atoms with E-state index in [0.29, 0.717) is 0 Å². The Morgan fingerprint density at radius 2 is 2.00 bits per heavy atom. The highest BCUT2D eigenvalue weighted by Crippen LogP contribution is 2.01. The SMILES string of the molecule is c1ccc(CNCC2CNC2)cc1. The lowest BCUT2D eigenvalue weighted by atomic mass is 10.0. The summed E-state index contributed by atoms with van der Waals surface area (Å²) in [5, 5.41) is 6.73. The molecule has 1 saturated heterocycles. The molecule has 1 aromatic rings. The van der Waals surface area contributed by atoms with Gasteiger partial charge in [-0.1, -0.05) is 30.3 Å². The van der Waals surface area contributed by atoms with Gasteiger partial charge < -0.3 is 10.6 Å². The lowest BCUT2D eigenvalue weighted by Gasteiger charge is -2.27. The molecule has 0 saturated carbocycles. The van der Waals surface area contributed by atoms with E-state index in [1.807, 2.05) is 0 Å². The summed E-state index contributed by atoms with van der Waals surface area (Å²) in [4.78, 5) is 0. The molecule has 0 atom stereocenters. The van der Waals surface area contributed by atoms with Gasteiger partial charge in [0.25, 0.3) is 0 Å². The molecule has 1 heterocycles. The molecule has 2 N–H and O–H groups in total. The quantitative estimate of drug-likeness (QED) is 0.715. The van der Waals surface area contributed by atoms with E-state index in [-0.39, 0.29) is 0 Å². The van der Waals surface area contributed by atoms with Crippen LogP contribution in [0.5, 0.6) is 0 Å². The molecule has 1 aliphatic rings. The highest BCUT2D eigenvalue weighted by atomic mass is 15.0. The summed E-state index contributed by atoms with van der Waals surface area (Å²) in [7, 11) is 0. The maximum Gasteiger partial charge on any atom is 0.0205 e. The Balaban J connectivity index is 1.67. The molecule has 2 rings (SSSR count). The van der Waals surface area contributed by atoms with Gasteiger partial charge in [0, 0.05) is 26.2 Å². The van der Waals surface area contributed by atoms with Crippen molar-refractivity contribution in [2.45, 2.75) is 6.54 Å². The van der Waals surface area contributed by atoms with Crippen LogP contribution in [0.2, 0.25) is 0 Å². The average molecular weight is 176 g/mol. The van der Waals surface area contributed by atoms with Gasteiger partial charge in [0.05, 0.1) is 0 Å². The van der Waals surface area contributed by atoms with Crippen molar-refractivity contribution in [2.75, 3.05) is 19.6 Å². The minimum Gasteiger partial charge on any atom is -0.316 e. The maximum absolute atomic E-state index is 3.46. The van der Waals surface area contributed by atoms with Crippen LogP contribution < -0.4 is 10.6 Å². The van der Waals surface area contributed by atoms with Crippen molar-refractivity contribution in [3.05, 3.63) is 35.9 Å². The molecular formula is C11H16N2. The lowest BCUT2D eigenvalue weighted by Crippen LogP contribution is -2.47. The van der Waals surface area contributed by atoms with Crippen molar-refractivity contribution in [3.8, 4) is 0 Å². The third-order valence-corrected chi connectivity index (χ3v) is 2.47. The van der Waals surface area contributed by atoms with Gasteiger partial charge in [-0.3, -0.25) is 0 Å². The van der Waals surface area contributed by atoms with Crippen molar-refractivity contribution >= 4 is 0 Å². The van der Waals surface area contributed by atoms with Gasteiger partial charge in [-0.2, -0.15) is 0 Å². The number of hydrogen-bond acceptors (Lipinski definition) is 2. The summed E-state index contributed by atoms with van der Waals surface area (Å²) < 4.78 is 0. The van der Waals surface area contributed by atoms with Gasteiger partial charge in [-0.15, -0.1) is 0 Å². The van der Waals surface area contributed by atoms with Gasteiger partial charge in [0.2, 0.25) is 0 Å². The molecule has 0 spiro atoms. The second kappa shape index (κ2) is 4.40. The summed E-state index contributed by atoms with van der Waals surface area (Å²) in [5.74, 6) is 0.851. The van der Waals surface area contributed by atoms with Crippen LogP contribution in [0.1, 0.15) is 5.56 Å². The van der Waals surface area contributed by atoms with E-state index < -0.39 is 0 Å². The Hall–Kier alpha value is -0.860. The van der Waals surface area contributed by atoms with E-state index in [2.05, 4.69) is 41.0 Å². The number of nitrogens with one attached hydrogen (secondary N) is 2. The lowest BCUT2D eigenvalue weighted by molar-refractivity contribution is 0.331. The molecule has 13 heavy (non-hydrogen) atoms. The molecule has 1 fully saturated rings. The van der Waals surface area contributed by atoms with Crippen molar-refractivity contribution in [2.24, 2.45) is 5.92 Å². The number of rotatable bonds is 4. The maximum atomic E-state index is 3.46. The van der Waals surface area contributed by atoms with Gasteiger partial charge in [0.15, 0.2) is 0 Å². The monoisotopic (exact) mass is 176 g/mol. The molecule has 0 aromatic heterocycles. The summed E-state index contributed by atoms with van der Waals surface area (Å²) in [6, 6.07) is 10.5. The first-order chi connectivity index (χ1) is 6.45. The van der Waals surface area contributed by atoms with Crippen molar-refractivity contribution in [1.82, 2.24) is 10.6 Å². The Labute approximate surface area is 79.4 Å². The molecule has 1 aliphatic heterocycles. The standard InChI is InChI=1S/C11H16N2/c1-2-4-10(5-3-1)6-12-7-11-8-13-9-11/h1-5,11-13H,6-9H2. The van der Waals surface area contributed by atoms with Gasteiger partial charge in [0.1, 0.15) is 0 Å². The zero-order chi connectivity index (χ0) is 8.93. The predicted octanol–water partition coefficient (Wildman–Crippen LogP) is 0.996. The highest BCUT2D eigenvalue weighted by Gasteiger charge is 2.15. The second-order valence-electron chi connectivity index (χ2n) is 3.64. The Morgan fingerprint density at radius 3 is 2.62 bits per heavy atom. The zero-order valence-electron chi connectivity index (χ0n) is 7.79. The smallest absolute Gasteiger partial charge is 0.0205 e. The zero-order valence-corrected chi connectivity index (χ0v) is 7.79. The second-order valence-corrected chi connectivity index (χ2v) is 3.64. The Bertz CT molecular complexity index is 242. The first kappa shape index (κ1) is 8.73. The molecule has 0 aliphatic carbocycles. The van der Waals surface area contributed by atoms with E-state index in [1.165, 1.54) is 18.7 Å². The molecule has 2 nitrogen and oxygen atoms in total. The molecule has 0 bridgehead atoms. The van der Waals surface area contributed by atoms with Crippen LogP contribution >= 0.6 is 0 Å². The van der Waals surface area contributed by atoms with Gasteiger partial charge >= 0.3 is 0 Å². The minimum absolute atomic E-state index is 0.851. The molecule has 0 unspecified atom stereocenters. The minimum atomic E-state index is 0.851. The van der Waals surface area contributed by atoms with Gasteiger partial charge in [-0.05, 0) is 11.5 Å². The molecular weight excluding hydrogens is 160 g/mol. The first-order valence-electron chi connectivity index (χ1n) is 4.90. The number of hydrogen-bond donors (Lipinski definition) is 2. The summed E-state index contributed by atoms with van der Waals surface area (Å²) in [6.45, 7) is 4.50. The largest absolute Gasteiger partial charge is 0.316 e. The van der Waals surface area contributed by atoms with Gasteiger partial charge in [-0.25, -0.2) is 0 Å². The van der Waals surface area contributed by atoms with E-state index >= 15 is 0 Å². The van der Waals surface area contributed by atoms with Crippen LogP contribution in [-0.2, 0) is 6.54 Å². The Kier molecular flexibility index (Phi) is 2.95. The fourth-order valence-electron chi connectivity index (χ4n) is 1.51. The molecule has 1 aromatic carbocycles. The van der Waals surface area contributed by atoms with Crippen LogP contribution in [0.3, 0.4) is 0 Å². The molecule has 2 heteroatoms. The van der Waals surface area contributed by atoms with E-state index in [1.54, 1.807) is 0 Å². The fraction of sp³-hybridized carbons (Fsp3) is 0.455. The molecule has 70 valence electrons. The predicted molar refractivity (Wildman–Crippen MR) is 54.5 cm³/mol. The number of benzene rings is 1. The van der Waals surface area contributed by atoms with E-state index in [0.717, 1.165) is 19.0 Å². The van der Waals surface area contributed by atoms with Crippen LogP contribution in [0.25, 0.3) is 0 Å². The van der Waals surface area contributed by atoms with Crippen molar-refractivity contribution in [1.29, 1.82) is 0 Å². The summed E-state index contributed by atoms with van der Waals surface area (Å²) in [5.41, 5.74) is 1.37. The summed E-state index contributed by atoms with van der Waals surface area (Å²) in [6.07, 6.45) is 0. The Morgan fingerprint density at radius 1 is 1.23 bits per heavy atom.